The first-order valence-corrected chi connectivity index (χ1v) is 11.4. The molecule has 0 atom stereocenters. The Labute approximate surface area is 191 Å². The molecule has 0 fully saturated rings. The number of hydrogen-bond donors (Lipinski definition) is 0. The predicted molar refractivity (Wildman–Crippen MR) is 140 cm³/mol. The summed E-state index contributed by atoms with van der Waals surface area (Å²) >= 11 is 0. The van der Waals surface area contributed by atoms with Gasteiger partial charge in [0.25, 0.3) is 0 Å². The Bertz CT molecular complexity index is 1760. The molecule has 0 saturated carbocycles. The first-order valence-electron chi connectivity index (χ1n) is 11.4. The van der Waals surface area contributed by atoms with Crippen LogP contribution in [0.1, 0.15) is 5.56 Å². The molecule has 0 aliphatic carbocycles. The average molecular weight is 423 g/mol. The van der Waals surface area contributed by atoms with Crippen LogP contribution in [0.3, 0.4) is 0 Å². The molecule has 156 valence electrons. The third kappa shape index (κ3) is 2.61. The zero-order chi connectivity index (χ0) is 21.9. The number of aryl methyl sites for hydroxylation is 1. The highest BCUT2D eigenvalue weighted by Gasteiger charge is 2.16. The minimum absolute atomic E-state index is 1.19. The lowest BCUT2D eigenvalue weighted by molar-refractivity contribution is 1.16. The monoisotopic (exact) mass is 422 g/mol. The van der Waals surface area contributed by atoms with Crippen molar-refractivity contribution in [2.75, 3.05) is 0 Å². The molecule has 0 N–H and O–H groups in total. The van der Waals surface area contributed by atoms with E-state index in [2.05, 4.69) is 131 Å². The van der Waals surface area contributed by atoms with Crippen molar-refractivity contribution in [3.8, 4) is 11.4 Å². The van der Waals surface area contributed by atoms with Crippen LogP contribution in [0.25, 0.3) is 55.0 Å². The maximum atomic E-state index is 2.39. The van der Waals surface area contributed by atoms with Gasteiger partial charge in [0, 0.05) is 32.9 Å². The first-order chi connectivity index (χ1) is 16.3. The van der Waals surface area contributed by atoms with E-state index in [1.54, 1.807) is 0 Å². The molecular weight excluding hydrogens is 400 g/mol. The second-order valence-electron chi connectivity index (χ2n) is 8.76. The van der Waals surface area contributed by atoms with Crippen molar-refractivity contribution in [3.05, 3.63) is 121 Å². The van der Waals surface area contributed by atoms with Gasteiger partial charge < -0.3 is 9.13 Å². The molecule has 7 aromatic rings. The van der Waals surface area contributed by atoms with Gasteiger partial charge in [-0.1, -0.05) is 66.2 Å². The molecule has 2 heterocycles. The smallest absolute Gasteiger partial charge is 0.0542 e. The lowest BCUT2D eigenvalue weighted by atomic mass is 10.1. The SMILES string of the molecule is Cc1ccc2c(c1)c1cc(-n3c4ccccc4c4ccccc43)ccc1n2-c1ccccc1. The molecular formula is C31H22N2. The molecule has 5 aromatic carbocycles. The van der Waals surface area contributed by atoms with Gasteiger partial charge in [0.1, 0.15) is 0 Å². The van der Waals surface area contributed by atoms with Crippen LogP contribution in [0.15, 0.2) is 115 Å². The van der Waals surface area contributed by atoms with Gasteiger partial charge in [-0.25, -0.2) is 0 Å². The second kappa shape index (κ2) is 6.85. The summed E-state index contributed by atoms with van der Waals surface area (Å²) in [5, 5.41) is 5.14. The fourth-order valence-corrected chi connectivity index (χ4v) is 5.32. The summed E-state index contributed by atoms with van der Waals surface area (Å²) in [5.74, 6) is 0. The van der Waals surface area contributed by atoms with Crippen LogP contribution in [0, 0.1) is 6.92 Å². The standard InChI is InChI=1S/C31H22N2/c1-21-15-17-30-26(19-21)27-20-23(16-18-31(27)32(30)22-9-3-2-4-10-22)33-28-13-7-5-11-24(28)25-12-6-8-14-29(25)33/h2-20H,1H3. The Morgan fingerprint density at radius 1 is 0.394 bits per heavy atom. The minimum atomic E-state index is 1.19. The number of para-hydroxylation sites is 3. The van der Waals surface area contributed by atoms with Crippen molar-refractivity contribution in [2.24, 2.45) is 0 Å². The molecule has 0 aliphatic rings. The highest BCUT2D eigenvalue weighted by atomic mass is 15.0. The van der Waals surface area contributed by atoms with Crippen LogP contribution in [0.4, 0.5) is 0 Å². The summed E-state index contributed by atoms with van der Waals surface area (Å²) in [4.78, 5) is 0. The van der Waals surface area contributed by atoms with Gasteiger partial charge in [-0.3, -0.25) is 0 Å². The number of aromatic nitrogens is 2. The van der Waals surface area contributed by atoms with Crippen molar-refractivity contribution in [2.45, 2.75) is 6.92 Å². The summed E-state index contributed by atoms with van der Waals surface area (Å²) in [6, 6.07) is 41.7. The molecule has 2 heteroatoms. The Morgan fingerprint density at radius 2 is 0.909 bits per heavy atom. The molecule has 2 aromatic heterocycles. The quantitative estimate of drug-likeness (QED) is 0.266. The summed E-state index contributed by atoms with van der Waals surface area (Å²) in [7, 11) is 0. The normalized spacial score (nSPS) is 11.8. The average Bonchev–Trinajstić information content (AvgIpc) is 3.37. The third-order valence-corrected chi connectivity index (χ3v) is 6.76. The predicted octanol–water partition coefficient (Wildman–Crippen LogP) is 8.19. The van der Waals surface area contributed by atoms with E-state index in [-0.39, 0.29) is 0 Å². The lowest BCUT2D eigenvalue weighted by Gasteiger charge is -2.10. The number of nitrogens with zero attached hydrogens (tertiary/aromatic N) is 2. The van der Waals surface area contributed by atoms with Crippen LogP contribution in [-0.2, 0) is 0 Å². The molecule has 0 aliphatic heterocycles. The van der Waals surface area contributed by atoms with Crippen LogP contribution in [0.5, 0.6) is 0 Å². The van der Waals surface area contributed by atoms with E-state index in [1.807, 2.05) is 0 Å². The Morgan fingerprint density at radius 3 is 1.61 bits per heavy atom. The fraction of sp³-hybridized carbons (Fsp3) is 0.0323. The Balaban J connectivity index is 1.60. The number of fused-ring (bicyclic) bond motifs is 6. The fourth-order valence-electron chi connectivity index (χ4n) is 5.32. The van der Waals surface area contributed by atoms with Crippen molar-refractivity contribution < 1.29 is 0 Å². The molecule has 0 saturated heterocycles. The van der Waals surface area contributed by atoms with E-state index in [9.17, 15) is 0 Å². The highest BCUT2D eigenvalue weighted by molar-refractivity contribution is 6.12. The van der Waals surface area contributed by atoms with Crippen molar-refractivity contribution in [3.63, 3.8) is 0 Å². The van der Waals surface area contributed by atoms with Gasteiger partial charge in [-0.2, -0.15) is 0 Å². The van der Waals surface area contributed by atoms with Gasteiger partial charge in [0.2, 0.25) is 0 Å². The zero-order valence-electron chi connectivity index (χ0n) is 18.4. The minimum Gasteiger partial charge on any atom is -0.309 e. The lowest BCUT2D eigenvalue weighted by Crippen LogP contribution is -1.95. The highest BCUT2D eigenvalue weighted by Crippen LogP contribution is 2.36. The van der Waals surface area contributed by atoms with E-state index in [0.717, 1.165) is 0 Å². The second-order valence-corrected chi connectivity index (χ2v) is 8.76. The van der Waals surface area contributed by atoms with Crippen LogP contribution in [0.2, 0.25) is 0 Å². The van der Waals surface area contributed by atoms with E-state index < -0.39 is 0 Å². The molecule has 0 bridgehead atoms. The third-order valence-electron chi connectivity index (χ3n) is 6.76. The van der Waals surface area contributed by atoms with E-state index >= 15 is 0 Å². The molecule has 0 amide bonds. The number of benzene rings is 5. The van der Waals surface area contributed by atoms with E-state index in [1.165, 1.54) is 60.5 Å². The van der Waals surface area contributed by atoms with Gasteiger partial charge in [0.15, 0.2) is 0 Å². The first kappa shape index (κ1) is 18.3. The van der Waals surface area contributed by atoms with Gasteiger partial charge >= 0.3 is 0 Å². The van der Waals surface area contributed by atoms with Crippen molar-refractivity contribution in [1.82, 2.24) is 9.13 Å². The maximum absolute atomic E-state index is 2.39. The molecule has 0 unspecified atom stereocenters. The molecule has 33 heavy (non-hydrogen) atoms. The number of hydrogen-bond acceptors (Lipinski definition) is 0. The van der Waals surface area contributed by atoms with Gasteiger partial charge in [0.05, 0.1) is 22.1 Å². The molecule has 0 spiro atoms. The van der Waals surface area contributed by atoms with Crippen LogP contribution >= 0.6 is 0 Å². The van der Waals surface area contributed by atoms with E-state index in [4.69, 9.17) is 0 Å². The van der Waals surface area contributed by atoms with Crippen LogP contribution in [-0.4, -0.2) is 9.13 Å². The van der Waals surface area contributed by atoms with Crippen molar-refractivity contribution in [1.29, 1.82) is 0 Å². The van der Waals surface area contributed by atoms with Gasteiger partial charge in [-0.05, 0) is 61.5 Å². The van der Waals surface area contributed by atoms with Crippen molar-refractivity contribution >= 4 is 43.6 Å². The molecule has 7 rings (SSSR count). The maximum Gasteiger partial charge on any atom is 0.0542 e. The Hall–Kier alpha value is -4.30. The van der Waals surface area contributed by atoms with Gasteiger partial charge in [-0.15, -0.1) is 0 Å². The topological polar surface area (TPSA) is 9.86 Å². The number of rotatable bonds is 2. The van der Waals surface area contributed by atoms with Crippen LogP contribution < -0.4 is 0 Å². The largest absolute Gasteiger partial charge is 0.309 e. The zero-order valence-corrected chi connectivity index (χ0v) is 18.4. The molecule has 0 radical (unpaired) electrons. The summed E-state index contributed by atoms with van der Waals surface area (Å²) in [6.07, 6.45) is 0. The summed E-state index contributed by atoms with van der Waals surface area (Å²) < 4.78 is 4.77. The summed E-state index contributed by atoms with van der Waals surface area (Å²) in [6.45, 7) is 2.17. The Kier molecular flexibility index (Phi) is 3.80. The summed E-state index contributed by atoms with van der Waals surface area (Å²) in [5.41, 5.74) is 8.59. The molecule has 2 nitrogen and oxygen atoms in total. The van der Waals surface area contributed by atoms with E-state index in [0.29, 0.717) is 0 Å².